The molecule has 29 heavy (non-hydrogen) atoms. The van der Waals surface area contributed by atoms with Crippen molar-refractivity contribution in [1.82, 2.24) is 4.98 Å². The van der Waals surface area contributed by atoms with Gasteiger partial charge in [-0.1, -0.05) is 6.07 Å². The second-order valence-electron chi connectivity index (χ2n) is 6.76. The third-order valence-electron chi connectivity index (χ3n) is 5.01. The van der Waals surface area contributed by atoms with Crippen molar-refractivity contribution >= 4 is 28.5 Å². The standard InChI is InChI=1S/C20H21F3N2O4/c1-3-29-19(27)15-11-24-16-10-13(20(21,22)23)4-5-14(16)17(15)25-8-6-12(7-9-25)18(26)28-2/h4-5,10-12H,3,6-9H2,1-2H3. The lowest BCUT2D eigenvalue weighted by Crippen LogP contribution is -2.37. The number of halogens is 3. The highest BCUT2D eigenvalue weighted by Crippen LogP contribution is 2.37. The predicted molar refractivity (Wildman–Crippen MR) is 99.7 cm³/mol. The minimum absolute atomic E-state index is 0.137. The topological polar surface area (TPSA) is 68.7 Å². The maximum atomic E-state index is 13.1. The van der Waals surface area contributed by atoms with E-state index in [1.165, 1.54) is 19.4 Å². The number of rotatable bonds is 4. The van der Waals surface area contributed by atoms with E-state index in [-0.39, 0.29) is 29.6 Å². The fraction of sp³-hybridized carbons (Fsp3) is 0.450. The highest BCUT2D eigenvalue weighted by Gasteiger charge is 2.32. The number of hydrogen-bond donors (Lipinski definition) is 0. The minimum atomic E-state index is -4.49. The van der Waals surface area contributed by atoms with Crippen LogP contribution in [0, 0.1) is 5.92 Å². The Morgan fingerprint density at radius 2 is 1.93 bits per heavy atom. The zero-order valence-corrected chi connectivity index (χ0v) is 16.1. The van der Waals surface area contributed by atoms with Crippen molar-refractivity contribution in [2.45, 2.75) is 25.9 Å². The van der Waals surface area contributed by atoms with Gasteiger partial charge in [0, 0.05) is 24.7 Å². The number of nitrogens with zero attached hydrogens (tertiary/aromatic N) is 2. The first-order valence-corrected chi connectivity index (χ1v) is 9.26. The van der Waals surface area contributed by atoms with Crippen LogP contribution < -0.4 is 4.90 Å². The lowest BCUT2D eigenvalue weighted by Gasteiger charge is -2.34. The van der Waals surface area contributed by atoms with Gasteiger partial charge in [0.25, 0.3) is 0 Å². The zero-order chi connectivity index (χ0) is 21.2. The molecule has 2 heterocycles. The third-order valence-corrected chi connectivity index (χ3v) is 5.01. The summed E-state index contributed by atoms with van der Waals surface area (Å²) in [6, 6.07) is 3.27. The van der Waals surface area contributed by atoms with Crippen molar-refractivity contribution in [2.24, 2.45) is 5.92 Å². The number of pyridine rings is 1. The summed E-state index contributed by atoms with van der Waals surface area (Å²) in [6.07, 6.45) is -2.21. The normalized spacial score (nSPS) is 15.4. The second kappa shape index (κ2) is 8.26. The molecule has 156 valence electrons. The lowest BCUT2D eigenvalue weighted by atomic mass is 9.95. The Morgan fingerprint density at radius 3 is 2.52 bits per heavy atom. The van der Waals surface area contributed by atoms with Crippen molar-refractivity contribution in [1.29, 1.82) is 0 Å². The SMILES string of the molecule is CCOC(=O)c1cnc2cc(C(F)(F)F)ccc2c1N1CCC(C(=O)OC)CC1. The van der Waals surface area contributed by atoms with Gasteiger partial charge in [0.15, 0.2) is 0 Å². The average Bonchev–Trinajstić information content (AvgIpc) is 2.71. The molecule has 0 unspecified atom stereocenters. The highest BCUT2D eigenvalue weighted by atomic mass is 19.4. The van der Waals surface area contributed by atoms with Crippen LogP contribution in [0.2, 0.25) is 0 Å². The number of carbonyl (C=O) groups excluding carboxylic acids is 2. The first-order valence-electron chi connectivity index (χ1n) is 9.26. The van der Waals surface area contributed by atoms with Crippen molar-refractivity contribution in [2.75, 3.05) is 31.7 Å². The molecule has 1 aliphatic heterocycles. The Morgan fingerprint density at radius 1 is 1.24 bits per heavy atom. The van der Waals surface area contributed by atoms with E-state index in [1.54, 1.807) is 6.92 Å². The predicted octanol–water partition coefficient (Wildman–Crippen LogP) is 3.82. The summed E-state index contributed by atoms with van der Waals surface area (Å²) in [5, 5.41) is 0.431. The van der Waals surface area contributed by atoms with Gasteiger partial charge in [-0.2, -0.15) is 13.2 Å². The third kappa shape index (κ3) is 4.28. The molecule has 1 aliphatic rings. The van der Waals surface area contributed by atoms with Gasteiger partial charge in [-0.15, -0.1) is 0 Å². The quantitative estimate of drug-likeness (QED) is 0.714. The van der Waals surface area contributed by atoms with Crippen LogP contribution in [0.25, 0.3) is 10.9 Å². The molecule has 1 aromatic heterocycles. The average molecular weight is 410 g/mol. The van der Waals surface area contributed by atoms with Gasteiger partial charge in [0.05, 0.1) is 36.4 Å². The lowest BCUT2D eigenvalue weighted by molar-refractivity contribution is -0.146. The molecule has 0 radical (unpaired) electrons. The van der Waals surface area contributed by atoms with E-state index in [4.69, 9.17) is 9.47 Å². The van der Waals surface area contributed by atoms with E-state index in [0.717, 1.165) is 12.1 Å². The molecular weight excluding hydrogens is 389 g/mol. The number of piperidine rings is 1. The molecule has 1 saturated heterocycles. The molecule has 1 fully saturated rings. The Hall–Kier alpha value is -2.84. The zero-order valence-electron chi connectivity index (χ0n) is 16.1. The molecule has 0 bridgehead atoms. The number of carbonyl (C=O) groups is 2. The van der Waals surface area contributed by atoms with Crippen LogP contribution in [0.5, 0.6) is 0 Å². The van der Waals surface area contributed by atoms with Crippen LogP contribution in [0.4, 0.5) is 18.9 Å². The number of fused-ring (bicyclic) bond motifs is 1. The molecular formula is C20H21F3N2O4. The van der Waals surface area contributed by atoms with Gasteiger partial charge >= 0.3 is 18.1 Å². The number of ether oxygens (including phenoxy) is 2. The number of methoxy groups -OCH3 is 1. The first kappa shape index (κ1) is 20.9. The number of benzene rings is 1. The highest BCUT2D eigenvalue weighted by molar-refractivity contribution is 6.05. The summed E-state index contributed by atoms with van der Waals surface area (Å²) in [5.74, 6) is -1.12. The van der Waals surface area contributed by atoms with Crippen molar-refractivity contribution in [3.05, 3.63) is 35.5 Å². The van der Waals surface area contributed by atoms with E-state index in [2.05, 4.69) is 4.98 Å². The molecule has 0 N–H and O–H groups in total. The summed E-state index contributed by atoms with van der Waals surface area (Å²) in [6.45, 7) is 2.73. The molecule has 0 atom stereocenters. The first-order chi connectivity index (χ1) is 13.8. The number of aromatic nitrogens is 1. The summed E-state index contributed by atoms with van der Waals surface area (Å²) < 4.78 is 49.1. The molecule has 6 nitrogen and oxygen atoms in total. The van der Waals surface area contributed by atoms with Crippen LogP contribution in [0.15, 0.2) is 24.4 Å². The second-order valence-corrected chi connectivity index (χ2v) is 6.76. The van der Waals surface area contributed by atoms with E-state index >= 15 is 0 Å². The van der Waals surface area contributed by atoms with Crippen LogP contribution in [-0.2, 0) is 20.4 Å². The van der Waals surface area contributed by atoms with E-state index in [1.807, 2.05) is 4.90 Å². The van der Waals surface area contributed by atoms with E-state index in [0.29, 0.717) is 37.0 Å². The molecule has 1 aromatic carbocycles. The van der Waals surface area contributed by atoms with Crippen molar-refractivity contribution < 1.29 is 32.2 Å². The number of hydrogen-bond acceptors (Lipinski definition) is 6. The molecule has 9 heteroatoms. The van der Waals surface area contributed by atoms with Crippen LogP contribution >= 0.6 is 0 Å². The molecule has 0 spiro atoms. The Labute approximate surface area is 165 Å². The summed E-state index contributed by atoms with van der Waals surface area (Å²) in [4.78, 5) is 30.2. The van der Waals surface area contributed by atoms with Gasteiger partial charge in [-0.05, 0) is 31.9 Å². The van der Waals surface area contributed by atoms with E-state index < -0.39 is 17.7 Å². The summed E-state index contributed by atoms with van der Waals surface area (Å²) in [5.41, 5.74) is -0.00387. The van der Waals surface area contributed by atoms with Gasteiger partial charge in [-0.3, -0.25) is 9.78 Å². The van der Waals surface area contributed by atoms with Crippen LogP contribution in [0.1, 0.15) is 35.7 Å². The molecule has 0 saturated carbocycles. The number of anilines is 1. The van der Waals surface area contributed by atoms with Gasteiger partial charge in [0.1, 0.15) is 5.56 Å². The van der Waals surface area contributed by atoms with Gasteiger partial charge in [0.2, 0.25) is 0 Å². The maximum Gasteiger partial charge on any atom is 0.416 e. The van der Waals surface area contributed by atoms with Crippen molar-refractivity contribution in [3.63, 3.8) is 0 Å². The molecule has 0 amide bonds. The fourth-order valence-corrected chi connectivity index (χ4v) is 3.56. The Kier molecular flexibility index (Phi) is 5.95. The number of alkyl halides is 3. The minimum Gasteiger partial charge on any atom is -0.469 e. The van der Waals surface area contributed by atoms with Crippen molar-refractivity contribution in [3.8, 4) is 0 Å². The van der Waals surface area contributed by atoms with Gasteiger partial charge < -0.3 is 14.4 Å². The van der Waals surface area contributed by atoms with Crippen LogP contribution in [-0.4, -0.2) is 43.7 Å². The Balaban J connectivity index is 2.05. The van der Waals surface area contributed by atoms with Crippen LogP contribution in [0.3, 0.4) is 0 Å². The maximum absolute atomic E-state index is 13.1. The smallest absolute Gasteiger partial charge is 0.416 e. The monoisotopic (exact) mass is 410 g/mol. The molecule has 2 aromatic rings. The molecule has 0 aliphatic carbocycles. The summed E-state index contributed by atoms with van der Waals surface area (Å²) >= 11 is 0. The largest absolute Gasteiger partial charge is 0.469 e. The van der Waals surface area contributed by atoms with Gasteiger partial charge in [-0.25, -0.2) is 4.79 Å². The Bertz CT molecular complexity index is 922. The van der Waals surface area contributed by atoms with E-state index in [9.17, 15) is 22.8 Å². The summed E-state index contributed by atoms with van der Waals surface area (Å²) in [7, 11) is 1.34. The molecule has 3 rings (SSSR count). The fourth-order valence-electron chi connectivity index (χ4n) is 3.56. The number of esters is 2.